The van der Waals surface area contributed by atoms with Crippen LogP contribution in [0, 0.1) is 0 Å². The first kappa shape index (κ1) is 30.7. The van der Waals surface area contributed by atoms with Crippen molar-refractivity contribution in [1.29, 1.82) is 0 Å². The second-order valence-electron chi connectivity index (χ2n) is 10.8. The van der Waals surface area contributed by atoms with Gasteiger partial charge in [-0.2, -0.15) is 0 Å². The molecule has 5 rings (SSSR count). The highest BCUT2D eigenvalue weighted by Gasteiger charge is 2.33. The average molecular weight is 626 g/mol. The van der Waals surface area contributed by atoms with E-state index >= 15 is 0 Å². The standard InChI is InChI=1S/C32H36ClN3O6S/c1-23(32(38)34-26-8-4-2-5-9-26)35(21-24-12-14-25(33)15-13-24)31(37)22-36(43(39,40)28-10-6-3-7-11-28)27-16-17-29-30(20-27)42-19-18-41-29/h3,6-7,10-17,20,23,26H,2,4-5,8-9,18-19,21-22H2,1H3,(H,34,38)/t23-/m0/s1. The smallest absolute Gasteiger partial charge is 0.264 e. The summed E-state index contributed by atoms with van der Waals surface area (Å²) in [5, 5.41) is 3.65. The van der Waals surface area contributed by atoms with Crippen LogP contribution in [0.5, 0.6) is 11.5 Å². The number of hydrogen-bond donors (Lipinski definition) is 1. The summed E-state index contributed by atoms with van der Waals surface area (Å²) >= 11 is 6.09. The minimum Gasteiger partial charge on any atom is -0.486 e. The Bertz CT molecular complexity index is 1530. The Morgan fingerprint density at radius 3 is 2.30 bits per heavy atom. The van der Waals surface area contributed by atoms with Crippen LogP contribution in [-0.4, -0.2) is 57.0 Å². The average Bonchev–Trinajstić information content (AvgIpc) is 3.03. The van der Waals surface area contributed by atoms with E-state index in [1.54, 1.807) is 67.6 Å². The number of carbonyl (C=O) groups is 2. The highest BCUT2D eigenvalue weighted by molar-refractivity contribution is 7.92. The van der Waals surface area contributed by atoms with Gasteiger partial charge in [0, 0.05) is 23.7 Å². The number of amides is 2. The van der Waals surface area contributed by atoms with Gasteiger partial charge in [-0.3, -0.25) is 13.9 Å². The lowest BCUT2D eigenvalue weighted by Gasteiger charge is -2.33. The van der Waals surface area contributed by atoms with Gasteiger partial charge < -0.3 is 19.7 Å². The summed E-state index contributed by atoms with van der Waals surface area (Å²) in [4.78, 5) is 29.1. The molecule has 43 heavy (non-hydrogen) atoms. The molecule has 3 aromatic rings. The van der Waals surface area contributed by atoms with Gasteiger partial charge >= 0.3 is 0 Å². The number of nitrogens with zero attached hydrogens (tertiary/aromatic N) is 2. The molecule has 0 saturated heterocycles. The van der Waals surface area contributed by atoms with E-state index in [-0.39, 0.29) is 29.1 Å². The number of sulfonamides is 1. The number of nitrogens with one attached hydrogen (secondary N) is 1. The van der Waals surface area contributed by atoms with Gasteiger partial charge in [0.15, 0.2) is 11.5 Å². The second-order valence-corrected chi connectivity index (χ2v) is 13.1. The number of fused-ring (bicyclic) bond motifs is 1. The van der Waals surface area contributed by atoms with Crippen LogP contribution < -0.4 is 19.1 Å². The monoisotopic (exact) mass is 625 g/mol. The largest absolute Gasteiger partial charge is 0.486 e. The molecule has 3 aromatic carbocycles. The lowest BCUT2D eigenvalue weighted by Crippen LogP contribution is -2.53. The summed E-state index contributed by atoms with van der Waals surface area (Å²) in [6.45, 7) is 1.94. The lowest BCUT2D eigenvalue weighted by atomic mass is 9.95. The number of rotatable bonds is 10. The Kier molecular flexibility index (Phi) is 9.77. The summed E-state index contributed by atoms with van der Waals surface area (Å²) in [6, 6.07) is 18.9. The quantitative estimate of drug-likeness (QED) is 0.333. The normalized spacial score (nSPS) is 15.8. The van der Waals surface area contributed by atoms with Gasteiger partial charge in [0.2, 0.25) is 11.8 Å². The molecule has 0 radical (unpaired) electrons. The summed E-state index contributed by atoms with van der Waals surface area (Å²) in [6.07, 6.45) is 5.05. The Labute approximate surface area is 257 Å². The molecule has 2 aliphatic rings. The Balaban J connectivity index is 1.47. The molecule has 1 aliphatic carbocycles. The zero-order chi connectivity index (χ0) is 30.4. The van der Waals surface area contributed by atoms with E-state index in [1.165, 1.54) is 17.0 Å². The van der Waals surface area contributed by atoms with Crippen molar-refractivity contribution in [2.24, 2.45) is 0 Å². The molecule has 1 aliphatic heterocycles. The number of benzene rings is 3. The molecular formula is C32H36ClN3O6S. The Morgan fingerprint density at radius 2 is 1.60 bits per heavy atom. The van der Waals surface area contributed by atoms with Crippen LogP contribution in [0.15, 0.2) is 77.7 Å². The number of halogens is 1. The summed E-state index contributed by atoms with van der Waals surface area (Å²) in [5.41, 5.74) is 0.999. The third kappa shape index (κ3) is 7.43. The fraction of sp³-hybridized carbons (Fsp3) is 0.375. The molecular weight excluding hydrogens is 590 g/mol. The minimum absolute atomic E-state index is 0.0324. The molecule has 1 heterocycles. The number of carbonyl (C=O) groups excluding carboxylic acids is 2. The molecule has 9 nitrogen and oxygen atoms in total. The van der Waals surface area contributed by atoms with Crippen molar-refractivity contribution in [3.8, 4) is 11.5 Å². The van der Waals surface area contributed by atoms with Crippen LogP contribution in [0.2, 0.25) is 5.02 Å². The molecule has 1 N–H and O–H groups in total. The van der Waals surface area contributed by atoms with Crippen LogP contribution >= 0.6 is 11.6 Å². The van der Waals surface area contributed by atoms with Crippen LogP contribution in [0.1, 0.15) is 44.6 Å². The molecule has 0 bridgehead atoms. The van der Waals surface area contributed by atoms with E-state index < -0.39 is 28.5 Å². The van der Waals surface area contributed by atoms with Gasteiger partial charge in [0.1, 0.15) is 25.8 Å². The number of hydrogen-bond acceptors (Lipinski definition) is 6. The molecule has 11 heteroatoms. The van der Waals surface area contributed by atoms with Crippen molar-refractivity contribution < 1.29 is 27.5 Å². The fourth-order valence-corrected chi connectivity index (χ4v) is 6.93. The van der Waals surface area contributed by atoms with E-state index in [1.807, 2.05) is 0 Å². The molecule has 228 valence electrons. The van der Waals surface area contributed by atoms with E-state index in [0.29, 0.717) is 29.7 Å². The molecule has 1 atom stereocenters. The summed E-state index contributed by atoms with van der Waals surface area (Å²) in [7, 11) is -4.18. The molecule has 1 fully saturated rings. The van der Waals surface area contributed by atoms with Gasteiger partial charge in [-0.1, -0.05) is 61.2 Å². The van der Waals surface area contributed by atoms with Gasteiger partial charge in [0.25, 0.3) is 10.0 Å². The first-order chi connectivity index (χ1) is 20.7. The van der Waals surface area contributed by atoms with Crippen molar-refractivity contribution in [2.45, 2.75) is 62.6 Å². The Hall–Kier alpha value is -3.76. The van der Waals surface area contributed by atoms with Gasteiger partial charge in [-0.15, -0.1) is 0 Å². The Morgan fingerprint density at radius 1 is 0.930 bits per heavy atom. The summed E-state index contributed by atoms with van der Waals surface area (Å²) in [5.74, 6) is 0.0834. The highest BCUT2D eigenvalue weighted by atomic mass is 35.5. The minimum atomic E-state index is -4.18. The van der Waals surface area contributed by atoms with Crippen LogP contribution in [0.25, 0.3) is 0 Å². The van der Waals surface area contributed by atoms with Gasteiger partial charge in [0.05, 0.1) is 10.6 Å². The molecule has 0 spiro atoms. The number of ether oxygens (including phenoxy) is 2. The fourth-order valence-electron chi connectivity index (χ4n) is 5.37. The van der Waals surface area contributed by atoms with Crippen LogP contribution in [0.4, 0.5) is 5.69 Å². The van der Waals surface area contributed by atoms with Crippen molar-refractivity contribution in [3.05, 3.63) is 83.4 Å². The molecule has 2 amide bonds. The van der Waals surface area contributed by atoms with Crippen molar-refractivity contribution in [3.63, 3.8) is 0 Å². The third-order valence-electron chi connectivity index (χ3n) is 7.81. The lowest BCUT2D eigenvalue weighted by molar-refractivity contribution is -0.139. The maximum atomic E-state index is 14.2. The first-order valence-corrected chi connectivity index (χ1v) is 16.4. The zero-order valence-corrected chi connectivity index (χ0v) is 25.6. The van der Waals surface area contributed by atoms with Crippen molar-refractivity contribution in [2.75, 3.05) is 24.1 Å². The maximum Gasteiger partial charge on any atom is 0.264 e. The van der Waals surface area contributed by atoms with Gasteiger partial charge in [-0.25, -0.2) is 8.42 Å². The predicted octanol–water partition coefficient (Wildman–Crippen LogP) is 5.17. The topological polar surface area (TPSA) is 105 Å². The predicted molar refractivity (Wildman–Crippen MR) is 165 cm³/mol. The molecule has 1 saturated carbocycles. The van der Waals surface area contributed by atoms with Crippen molar-refractivity contribution in [1.82, 2.24) is 10.2 Å². The SMILES string of the molecule is C[C@@H](C(=O)NC1CCCCC1)N(Cc1ccc(Cl)cc1)C(=O)CN(c1ccc2c(c1)OCCO2)S(=O)(=O)c1ccccc1. The molecule has 0 aromatic heterocycles. The van der Waals surface area contributed by atoms with E-state index in [0.717, 1.165) is 42.0 Å². The number of anilines is 1. The van der Waals surface area contributed by atoms with E-state index in [2.05, 4.69) is 5.32 Å². The summed E-state index contributed by atoms with van der Waals surface area (Å²) < 4.78 is 40.4. The van der Waals surface area contributed by atoms with E-state index in [4.69, 9.17) is 21.1 Å². The first-order valence-electron chi connectivity index (χ1n) is 14.5. The van der Waals surface area contributed by atoms with E-state index in [9.17, 15) is 18.0 Å². The molecule has 0 unspecified atom stereocenters. The van der Waals surface area contributed by atoms with Crippen LogP contribution in [-0.2, 0) is 26.2 Å². The maximum absolute atomic E-state index is 14.2. The zero-order valence-electron chi connectivity index (χ0n) is 24.1. The third-order valence-corrected chi connectivity index (χ3v) is 9.85. The van der Waals surface area contributed by atoms with Crippen molar-refractivity contribution >= 4 is 39.1 Å². The highest BCUT2D eigenvalue weighted by Crippen LogP contribution is 2.36. The van der Waals surface area contributed by atoms with Crippen LogP contribution in [0.3, 0.4) is 0 Å². The second kappa shape index (κ2) is 13.7. The van der Waals surface area contributed by atoms with Gasteiger partial charge in [-0.05, 0) is 61.7 Å².